The van der Waals surface area contributed by atoms with Gasteiger partial charge in [0.15, 0.2) is 5.82 Å². The summed E-state index contributed by atoms with van der Waals surface area (Å²) in [5, 5.41) is 10.2. The standard InChI is InChI=1S/C28H25N5O/c29-27(34)21-13-14-26-24(17-21)30-28(33(26)22-9-5-2-6-10-22)25-16-20-12-11-19(15-23(20)31-32-25)18-7-3-1-4-8-18/h1,3-4,7-8,11-17,22H,2,5-6,9-10H2,(H2,29,34). The van der Waals surface area contributed by atoms with E-state index < -0.39 is 5.91 Å². The average Bonchev–Trinajstić information content (AvgIpc) is 3.28. The molecule has 34 heavy (non-hydrogen) atoms. The third-order valence-electron chi connectivity index (χ3n) is 6.84. The Morgan fingerprint density at radius 2 is 1.65 bits per heavy atom. The Kier molecular flexibility index (Phi) is 5.06. The smallest absolute Gasteiger partial charge is 0.248 e. The zero-order valence-electron chi connectivity index (χ0n) is 18.8. The molecule has 6 nitrogen and oxygen atoms in total. The van der Waals surface area contributed by atoms with Crippen molar-refractivity contribution in [3.05, 3.63) is 78.4 Å². The highest BCUT2D eigenvalue weighted by atomic mass is 16.1. The van der Waals surface area contributed by atoms with Gasteiger partial charge in [0, 0.05) is 17.0 Å². The zero-order chi connectivity index (χ0) is 23.1. The fraction of sp³-hybridized carbons (Fsp3) is 0.214. The second-order valence-corrected chi connectivity index (χ2v) is 9.03. The van der Waals surface area contributed by atoms with Crippen molar-refractivity contribution in [2.45, 2.75) is 38.1 Å². The topological polar surface area (TPSA) is 86.7 Å². The summed E-state index contributed by atoms with van der Waals surface area (Å²) in [5.41, 5.74) is 11.6. The van der Waals surface area contributed by atoms with E-state index in [2.05, 4.69) is 51.2 Å². The van der Waals surface area contributed by atoms with Crippen LogP contribution in [0.5, 0.6) is 0 Å². The van der Waals surface area contributed by atoms with E-state index in [1.165, 1.54) is 19.3 Å². The van der Waals surface area contributed by atoms with Crippen LogP contribution in [0, 0.1) is 0 Å². The van der Waals surface area contributed by atoms with Crippen LogP contribution in [0.4, 0.5) is 0 Å². The van der Waals surface area contributed by atoms with Gasteiger partial charge in [-0.1, -0.05) is 61.7 Å². The van der Waals surface area contributed by atoms with Gasteiger partial charge < -0.3 is 10.3 Å². The Morgan fingerprint density at radius 3 is 2.44 bits per heavy atom. The van der Waals surface area contributed by atoms with Gasteiger partial charge in [0.2, 0.25) is 5.91 Å². The first-order valence-corrected chi connectivity index (χ1v) is 11.8. The Bertz CT molecular complexity index is 1520. The minimum atomic E-state index is -0.449. The zero-order valence-corrected chi connectivity index (χ0v) is 18.8. The number of amides is 1. The van der Waals surface area contributed by atoms with Crippen LogP contribution < -0.4 is 5.73 Å². The van der Waals surface area contributed by atoms with Gasteiger partial charge in [0.05, 0.1) is 16.6 Å². The molecule has 168 valence electrons. The minimum Gasteiger partial charge on any atom is -0.366 e. The number of fused-ring (bicyclic) bond motifs is 2. The van der Waals surface area contributed by atoms with E-state index in [1.54, 1.807) is 12.1 Å². The number of imidazole rings is 1. The fourth-order valence-electron chi connectivity index (χ4n) is 5.10. The Balaban J connectivity index is 1.48. The number of nitrogens with zero attached hydrogens (tertiary/aromatic N) is 4. The maximum Gasteiger partial charge on any atom is 0.248 e. The summed E-state index contributed by atoms with van der Waals surface area (Å²) in [5.74, 6) is 0.348. The molecule has 3 aromatic carbocycles. The van der Waals surface area contributed by atoms with Crippen LogP contribution in [0.3, 0.4) is 0 Å². The third kappa shape index (κ3) is 3.61. The van der Waals surface area contributed by atoms with Crippen molar-refractivity contribution < 1.29 is 4.79 Å². The van der Waals surface area contributed by atoms with E-state index in [0.717, 1.165) is 57.4 Å². The van der Waals surface area contributed by atoms with Crippen molar-refractivity contribution in [1.82, 2.24) is 19.7 Å². The second-order valence-electron chi connectivity index (χ2n) is 9.03. The molecule has 6 rings (SSSR count). The highest BCUT2D eigenvalue weighted by molar-refractivity contribution is 5.97. The maximum atomic E-state index is 11.7. The molecule has 0 bridgehead atoms. The number of hydrogen-bond donors (Lipinski definition) is 1. The number of rotatable bonds is 4. The molecular weight excluding hydrogens is 422 g/mol. The van der Waals surface area contributed by atoms with Gasteiger partial charge in [-0.2, -0.15) is 0 Å². The maximum absolute atomic E-state index is 11.7. The van der Waals surface area contributed by atoms with Gasteiger partial charge in [-0.25, -0.2) is 4.98 Å². The van der Waals surface area contributed by atoms with E-state index in [1.807, 2.05) is 24.3 Å². The molecule has 2 N–H and O–H groups in total. The number of aromatic nitrogens is 4. The van der Waals surface area contributed by atoms with Crippen LogP contribution >= 0.6 is 0 Å². The molecular formula is C28H25N5O. The number of carbonyl (C=O) groups is 1. The molecule has 5 aromatic rings. The molecule has 2 aromatic heterocycles. The molecule has 1 aliphatic carbocycles. The molecule has 0 atom stereocenters. The highest BCUT2D eigenvalue weighted by Crippen LogP contribution is 2.36. The van der Waals surface area contributed by atoms with Gasteiger partial charge in [0.1, 0.15) is 5.69 Å². The van der Waals surface area contributed by atoms with Crippen molar-refractivity contribution in [1.29, 1.82) is 0 Å². The van der Waals surface area contributed by atoms with Crippen molar-refractivity contribution in [3.63, 3.8) is 0 Å². The van der Waals surface area contributed by atoms with Crippen LogP contribution in [0.25, 0.3) is 44.6 Å². The van der Waals surface area contributed by atoms with Crippen LogP contribution in [0.15, 0.2) is 72.8 Å². The fourth-order valence-corrected chi connectivity index (χ4v) is 5.10. The first kappa shape index (κ1) is 20.5. The molecule has 6 heteroatoms. The molecule has 1 aliphatic rings. The lowest BCUT2D eigenvalue weighted by Gasteiger charge is -2.25. The minimum absolute atomic E-state index is 0.353. The SMILES string of the molecule is NC(=O)c1ccc2c(c1)nc(-c1cc3ccc(-c4ccccc4)cc3nn1)n2C1CCCCC1. The van der Waals surface area contributed by atoms with E-state index in [-0.39, 0.29) is 0 Å². The van der Waals surface area contributed by atoms with Crippen LogP contribution in [0.2, 0.25) is 0 Å². The van der Waals surface area contributed by atoms with Crippen LogP contribution in [0.1, 0.15) is 48.5 Å². The lowest BCUT2D eigenvalue weighted by Crippen LogP contribution is -2.14. The van der Waals surface area contributed by atoms with Crippen molar-refractivity contribution >= 4 is 27.8 Å². The Labute approximate surface area is 197 Å². The van der Waals surface area contributed by atoms with Crippen molar-refractivity contribution in [3.8, 4) is 22.6 Å². The summed E-state index contributed by atoms with van der Waals surface area (Å²) in [4.78, 5) is 16.7. The number of hydrogen-bond acceptors (Lipinski definition) is 4. The summed E-state index contributed by atoms with van der Waals surface area (Å²) in [6.07, 6.45) is 5.89. The normalized spacial score (nSPS) is 14.6. The first-order valence-electron chi connectivity index (χ1n) is 11.8. The quantitative estimate of drug-likeness (QED) is 0.371. The number of primary amides is 1. The van der Waals surface area contributed by atoms with E-state index >= 15 is 0 Å². The summed E-state index contributed by atoms with van der Waals surface area (Å²) < 4.78 is 2.30. The molecule has 0 radical (unpaired) electrons. The van der Waals surface area contributed by atoms with Crippen molar-refractivity contribution in [2.75, 3.05) is 0 Å². The highest BCUT2D eigenvalue weighted by Gasteiger charge is 2.24. The lowest BCUT2D eigenvalue weighted by molar-refractivity contribution is 0.100. The lowest BCUT2D eigenvalue weighted by atomic mass is 9.95. The van der Waals surface area contributed by atoms with E-state index in [4.69, 9.17) is 10.7 Å². The van der Waals surface area contributed by atoms with Gasteiger partial charge >= 0.3 is 0 Å². The molecule has 1 amide bonds. The summed E-state index contributed by atoms with van der Waals surface area (Å²) >= 11 is 0. The molecule has 0 spiro atoms. The van der Waals surface area contributed by atoms with Gasteiger partial charge in [-0.05, 0) is 54.3 Å². The molecule has 2 heterocycles. The van der Waals surface area contributed by atoms with E-state index in [0.29, 0.717) is 11.6 Å². The second kappa shape index (κ2) is 8.37. The monoisotopic (exact) mass is 447 g/mol. The Hall–Kier alpha value is -4.06. The molecule has 0 aliphatic heterocycles. The molecule has 1 fully saturated rings. The average molecular weight is 448 g/mol. The van der Waals surface area contributed by atoms with E-state index in [9.17, 15) is 4.79 Å². The summed E-state index contributed by atoms with van der Waals surface area (Å²) in [6, 6.07) is 24.5. The largest absolute Gasteiger partial charge is 0.366 e. The number of nitrogens with two attached hydrogens (primary N) is 1. The van der Waals surface area contributed by atoms with Gasteiger partial charge in [-0.15, -0.1) is 10.2 Å². The summed E-state index contributed by atoms with van der Waals surface area (Å²) in [7, 11) is 0. The molecule has 1 saturated carbocycles. The predicted molar refractivity (Wildman–Crippen MR) is 134 cm³/mol. The van der Waals surface area contributed by atoms with Crippen LogP contribution in [-0.4, -0.2) is 25.7 Å². The Morgan fingerprint density at radius 1 is 0.824 bits per heavy atom. The molecule has 0 saturated heterocycles. The van der Waals surface area contributed by atoms with Crippen molar-refractivity contribution in [2.24, 2.45) is 5.73 Å². The van der Waals surface area contributed by atoms with Gasteiger partial charge in [-0.3, -0.25) is 4.79 Å². The third-order valence-corrected chi connectivity index (χ3v) is 6.84. The summed E-state index contributed by atoms with van der Waals surface area (Å²) in [6.45, 7) is 0. The van der Waals surface area contributed by atoms with Crippen LogP contribution in [-0.2, 0) is 0 Å². The van der Waals surface area contributed by atoms with Gasteiger partial charge in [0.25, 0.3) is 0 Å². The molecule has 0 unspecified atom stereocenters. The number of carbonyl (C=O) groups excluding carboxylic acids is 1. The predicted octanol–water partition coefficient (Wildman–Crippen LogP) is 5.92. The first-order chi connectivity index (χ1) is 16.7. The number of benzene rings is 3.